The summed E-state index contributed by atoms with van der Waals surface area (Å²) in [7, 11) is 0. The first-order valence-corrected chi connectivity index (χ1v) is 7.90. The molecule has 1 N–H and O–H groups in total. The zero-order valence-electron chi connectivity index (χ0n) is 12.4. The van der Waals surface area contributed by atoms with Crippen LogP contribution in [0.25, 0.3) is 0 Å². The summed E-state index contributed by atoms with van der Waals surface area (Å²) < 4.78 is 0. The third-order valence-electron chi connectivity index (χ3n) is 4.61. The number of pyridine rings is 1. The van der Waals surface area contributed by atoms with Gasteiger partial charge in [0.25, 0.3) is 0 Å². The molecule has 2 aliphatic rings. The predicted octanol–water partition coefficient (Wildman–Crippen LogP) is 2.09. The van der Waals surface area contributed by atoms with E-state index in [4.69, 9.17) is 5.11 Å². The molecule has 21 heavy (non-hydrogen) atoms. The van der Waals surface area contributed by atoms with Gasteiger partial charge in [0.1, 0.15) is 5.82 Å². The van der Waals surface area contributed by atoms with Gasteiger partial charge in [-0.15, -0.1) is 0 Å². The fourth-order valence-corrected chi connectivity index (χ4v) is 3.39. The molecular weight excluding hydrogens is 266 g/mol. The SMILES string of the molecule is O=C(O)c1cccc(N2CCC(CN3CCCC3)CC2)n1. The van der Waals surface area contributed by atoms with E-state index in [1.54, 1.807) is 12.1 Å². The monoisotopic (exact) mass is 289 g/mol. The second-order valence-electron chi connectivity index (χ2n) is 6.12. The number of hydrogen-bond donors (Lipinski definition) is 1. The molecule has 0 aliphatic carbocycles. The lowest BCUT2D eigenvalue weighted by Gasteiger charge is -2.34. The van der Waals surface area contributed by atoms with Crippen LogP contribution in [0.1, 0.15) is 36.2 Å². The number of hydrogen-bond acceptors (Lipinski definition) is 4. The largest absolute Gasteiger partial charge is 0.477 e. The molecule has 0 atom stereocenters. The molecule has 1 aromatic heterocycles. The van der Waals surface area contributed by atoms with Crippen molar-refractivity contribution < 1.29 is 9.90 Å². The fraction of sp³-hybridized carbons (Fsp3) is 0.625. The number of carboxylic acids is 1. The Morgan fingerprint density at radius 1 is 1.19 bits per heavy atom. The van der Waals surface area contributed by atoms with Gasteiger partial charge in [0.15, 0.2) is 5.69 Å². The first-order valence-electron chi connectivity index (χ1n) is 7.90. The Bertz CT molecular complexity index is 492. The Morgan fingerprint density at radius 2 is 1.90 bits per heavy atom. The van der Waals surface area contributed by atoms with E-state index in [1.165, 1.54) is 45.3 Å². The van der Waals surface area contributed by atoms with Gasteiger partial charge in [-0.2, -0.15) is 0 Å². The Hall–Kier alpha value is -1.62. The smallest absolute Gasteiger partial charge is 0.354 e. The maximum atomic E-state index is 11.0. The second-order valence-corrected chi connectivity index (χ2v) is 6.12. The number of likely N-dealkylation sites (tertiary alicyclic amines) is 1. The number of carbonyl (C=O) groups is 1. The second kappa shape index (κ2) is 6.43. The molecule has 0 bridgehead atoms. The van der Waals surface area contributed by atoms with E-state index in [9.17, 15) is 4.79 Å². The number of aromatic carboxylic acids is 1. The molecule has 1 aromatic rings. The maximum absolute atomic E-state index is 11.0. The number of rotatable bonds is 4. The first kappa shape index (κ1) is 14.3. The van der Waals surface area contributed by atoms with Gasteiger partial charge in [-0.05, 0) is 56.8 Å². The van der Waals surface area contributed by atoms with Gasteiger partial charge in [-0.1, -0.05) is 6.07 Å². The van der Waals surface area contributed by atoms with Gasteiger partial charge in [0, 0.05) is 19.6 Å². The van der Waals surface area contributed by atoms with Gasteiger partial charge >= 0.3 is 5.97 Å². The summed E-state index contributed by atoms with van der Waals surface area (Å²) >= 11 is 0. The molecule has 2 fully saturated rings. The van der Waals surface area contributed by atoms with Crippen molar-refractivity contribution in [1.82, 2.24) is 9.88 Å². The number of piperidine rings is 1. The van der Waals surface area contributed by atoms with Crippen molar-refractivity contribution in [3.63, 3.8) is 0 Å². The van der Waals surface area contributed by atoms with Crippen molar-refractivity contribution in [3.8, 4) is 0 Å². The molecule has 5 nitrogen and oxygen atoms in total. The molecule has 2 aliphatic heterocycles. The molecule has 2 saturated heterocycles. The highest BCUT2D eigenvalue weighted by Gasteiger charge is 2.23. The van der Waals surface area contributed by atoms with Crippen molar-refractivity contribution in [2.75, 3.05) is 37.6 Å². The lowest BCUT2D eigenvalue weighted by atomic mass is 9.96. The summed E-state index contributed by atoms with van der Waals surface area (Å²) in [6.45, 7) is 5.73. The fourth-order valence-electron chi connectivity index (χ4n) is 3.39. The topological polar surface area (TPSA) is 56.7 Å². The molecule has 0 aromatic carbocycles. The lowest BCUT2D eigenvalue weighted by molar-refractivity contribution is 0.0690. The van der Waals surface area contributed by atoms with E-state index in [-0.39, 0.29) is 5.69 Å². The molecule has 0 spiro atoms. The van der Waals surface area contributed by atoms with Crippen molar-refractivity contribution in [2.45, 2.75) is 25.7 Å². The maximum Gasteiger partial charge on any atom is 0.354 e. The highest BCUT2D eigenvalue weighted by molar-refractivity contribution is 5.85. The summed E-state index contributed by atoms with van der Waals surface area (Å²) in [6.07, 6.45) is 5.06. The summed E-state index contributed by atoms with van der Waals surface area (Å²) in [5, 5.41) is 9.02. The van der Waals surface area contributed by atoms with Gasteiger partial charge in [-0.25, -0.2) is 9.78 Å². The molecule has 3 heterocycles. The Kier molecular flexibility index (Phi) is 4.39. The Labute approximate surface area is 125 Å². The van der Waals surface area contributed by atoms with E-state index >= 15 is 0 Å². The van der Waals surface area contributed by atoms with Crippen LogP contribution in [0.4, 0.5) is 5.82 Å². The van der Waals surface area contributed by atoms with Crippen molar-refractivity contribution >= 4 is 11.8 Å². The number of nitrogens with zero attached hydrogens (tertiary/aromatic N) is 3. The van der Waals surface area contributed by atoms with Crippen LogP contribution in [0.3, 0.4) is 0 Å². The highest BCUT2D eigenvalue weighted by Crippen LogP contribution is 2.24. The van der Waals surface area contributed by atoms with Crippen LogP contribution in [0.15, 0.2) is 18.2 Å². The molecule has 0 radical (unpaired) electrons. The highest BCUT2D eigenvalue weighted by atomic mass is 16.4. The predicted molar refractivity (Wildman–Crippen MR) is 81.8 cm³/mol. The van der Waals surface area contributed by atoms with Gasteiger partial charge in [-0.3, -0.25) is 0 Å². The summed E-state index contributed by atoms with van der Waals surface area (Å²) in [6, 6.07) is 5.24. The average Bonchev–Trinajstić information content (AvgIpc) is 3.01. The molecule has 0 amide bonds. The van der Waals surface area contributed by atoms with E-state index in [2.05, 4.69) is 14.8 Å². The van der Waals surface area contributed by atoms with Crippen molar-refractivity contribution in [2.24, 2.45) is 5.92 Å². The lowest BCUT2D eigenvalue weighted by Crippen LogP contribution is -2.38. The Balaban J connectivity index is 1.55. The minimum Gasteiger partial charge on any atom is -0.477 e. The van der Waals surface area contributed by atoms with Crippen LogP contribution in [0.2, 0.25) is 0 Å². The summed E-state index contributed by atoms with van der Waals surface area (Å²) in [5.74, 6) is 0.622. The van der Waals surface area contributed by atoms with E-state index < -0.39 is 5.97 Å². The van der Waals surface area contributed by atoms with Crippen LogP contribution in [-0.2, 0) is 0 Å². The summed E-state index contributed by atoms with van der Waals surface area (Å²) in [5.41, 5.74) is 0.131. The van der Waals surface area contributed by atoms with E-state index in [0.717, 1.165) is 24.8 Å². The van der Waals surface area contributed by atoms with Crippen LogP contribution < -0.4 is 4.90 Å². The average molecular weight is 289 g/mol. The zero-order valence-corrected chi connectivity index (χ0v) is 12.4. The van der Waals surface area contributed by atoms with Gasteiger partial charge in [0.2, 0.25) is 0 Å². The van der Waals surface area contributed by atoms with Crippen molar-refractivity contribution in [3.05, 3.63) is 23.9 Å². The van der Waals surface area contributed by atoms with Crippen molar-refractivity contribution in [1.29, 1.82) is 0 Å². The van der Waals surface area contributed by atoms with Crippen LogP contribution in [0, 0.1) is 5.92 Å². The van der Waals surface area contributed by atoms with Crippen LogP contribution in [-0.4, -0.2) is 53.7 Å². The van der Waals surface area contributed by atoms with Gasteiger partial charge in [0.05, 0.1) is 0 Å². The zero-order chi connectivity index (χ0) is 14.7. The van der Waals surface area contributed by atoms with Crippen LogP contribution >= 0.6 is 0 Å². The number of anilines is 1. The number of aromatic nitrogens is 1. The van der Waals surface area contributed by atoms with Crippen LogP contribution in [0.5, 0.6) is 0 Å². The van der Waals surface area contributed by atoms with E-state index in [1.807, 2.05) is 6.07 Å². The summed E-state index contributed by atoms with van der Waals surface area (Å²) in [4.78, 5) is 20.0. The standard InChI is InChI=1S/C16H23N3O2/c20-16(21)14-4-3-5-15(17-14)19-10-6-13(7-11-19)12-18-8-1-2-9-18/h3-5,13H,1-2,6-12H2,(H,20,21). The molecular formula is C16H23N3O2. The molecule has 0 unspecified atom stereocenters. The number of carboxylic acid groups (broad SMARTS) is 1. The quantitative estimate of drug-likeness (QED) is 0.920. The minimum absolute atomic E-state index is 0.131. The molecule has 114 valence electrons. The van der Waals surface area contributed by atoms with Gasteiger partial charge < -0.3 is 14.9 Å². The molecule has 5 heteroatoms. The Morgan fingerprint density at radius 3 is 2.57 bits per heavy atom. The third-order valence-corrected chi connectivity index (χ3v) is 4.61. The minimum atomic E-state index is -0.958. The molecule has 3 rings (SSSR count). The molecule has 0 saturated carbocycles. The van der Waals surface area contributed by atoms with E-state index in [0.29, 0.717) is 0 Å². The first-order chi connectivity index (χ1) is 10.2. The normalized spacial score (nSPS) is 20.9. The third kappa shape index (κ3) is 3.53.